The molecule has 3 rings (SSSR count). The number of amides is 1. The van der Waals surface area contributed by atoms with E-state index in [2.05, 4.69) is 10.4 Å². The van der Waals surface area contributed by atoms with E-state index >= 15 is 0 Å². The molecule has 0 spiro atoms. The number of rotatable bonds is 4. The molecule has 0 atom stereocenters. The number of carbonyl (C=O) groups excluding carboxylic acids is 1. The van der Waals surface area contributed by atoms with Crippen LogP contribution in [0.2, 0.25) is 5.02 Å². The van der Waals surface area contributed by atoms with E-state index in [1.165, 1.54) is 22.5 Å². The summed E-state index contributed by atoms with van der Waals surface area (Å²) in [4.78, 5) is 12.3. The maximum Gasteiger partial charge on any atom is 0.256 e. The molecule has 1 aromatic carbocycles. The fourth-order valence-electron chi connectivity index (χ4n) is 2.76. The summed E-state index contributed by atoms with van der Waals surface area (Å²) < 4.78 is 28.7. The van der Waals surface area contributed by atoms with Crippen molar-refractivity contribution in [3.63, 3.8) is 0 Å². The monoisotopic (exact) mass is 382 g/mol. The third-order valence-electron chi connectivity index (χ3n) is 4.08. The van der Waals surface area contributed by atoms with Crippen molar-refractivity contribution in [2.24, 2.45) is 7.05 Å². The minimum atomic E-state index is -3.72. The Hall–Kier alpha value is -1.90. The molecule has 0 bridgehead atoms. The number of nitrogens with one attached hydrogen (secondary N) is 1. The highest BCUT2D eigenvalue weighted by Gasteiger charge is 2.28. The first kappa shape index (κ1) is 17.9. The van der Waals surface area contributed by atoms with E-state index in [9.17, 15) is 13.2 Å². The molecular formula is C16H19ClN4O3S. The Morgan fingerprint density at radius 3 is 2.56 bits per heavy atom. The van der Waals surface area contributed by atoms with Gasteiger partial charge in [-0.25, -0.2) is 8.42 Å². The Bertz CT molecular complexity index is 889. The Balaban J connectivity index is 1.88. The fourth-order valence-corrected chi connectivity index (χ4v) is 4.77. The van der Waals surface area contributed by atoms with Crippen LogP contribution in [-0.2, 0) is 17.1 Å². The number of aryl methyl sites for hydroxylation is 1. The third-order valence-corrected chi connectivity index (χ3v) is 6.46. The number of anilines is 1. The smallest absolute Gasteiger partial charge is 0.256 e. The number of benzene rings is 1. The molecule has 7 nitrogen and oxygen atoms in total. The summed E-state index contributed by atoms with van der Waals surface area (Å²) in [5, 5.41) is 6.82. The van der Waals surface area contributed by atoms with E-state index in [1.54, 1.807) is 24.0 Å². The molecule has 1 aliphatic heterocycles. The molecule has 1 aliphatic rings. The van der Waals surface area contributed by atoms with Gasteiger partial charge in [-0.05, 0) is 31.0 Å². The van der Waals surface area contributed by atoms with Gasteiger partial charge in [-0.1, -0.05) is 18.0 Å². The molecule has 2 heterocycles. The second-order valence-electron chi connectivity index (χ2n) is 5.94. The lowest BCUT2D eigenvalue weighted by molar-refractivity contribution is 0.102. The lowest BCUT2D eigenvalue weighted by atomic mass is 10.2. The summed E-state index contributed by atoms with van der Waals surface area (Å²) >= 11 is 6.11. The average Bonchev–Trinajstić information content (AvgIpc) is 3.00. The molecule has 1 N–H and O–H groups in total. The zero-order valence-corrected chi connectivity index (χ0v) is 15.3. The molecule has 1 amide bonds. The van der Waals surface area contributed by atoms with E-state index in [0.717, 1.165) is 19.3 Å². The van der Waals surface area contributed by atoms with E-state index in [0.29, 0.717) is 18.9 Å². The maximum atomic E-state index is 12.8. The first-order chi connectivity index (χ1) is 11.9. The number of aromatic nitrogens is 2. The van der Waals surface area contributed by atoms with E-state index in [4.69, 9.17) is 11.6 Å². The van der Waals surface area contributed by atoms with Crippen molar-refractivity contribution < 1.29 is 13.2 Å². The van der Waals surface area contributed by atoms with E-state index in [-0.39, 0.29) is 15.5 Å². The molecule has 9 heteroatoms. The quantitative estimate of drug-likeness (QED) is 0.880. The van der Waals surface area contributed by atoms with Crippen LogP contribution in [0.3, 0.4) is 0 Å². The van der Waals surface area contributed by atoms with Crippen molar-refractivity contribution >= 4 is 33.3 Å². The summed E-state index contributed by atoms with van der Waals surface area (Å²) in [6.45, 7) is 0.950. The molecule has 1 aromatic heterocycles. The molecule has 0 aliphatic carbocycles. The predicted molar refractivity (Wildman–Crippen MR) is 95.2 cm³/mol. The van der Waals surface area contributed by atoms with E-state index < -0.39 is 15.9 Å². The molecule has 1 fully saturated rings. The van der Waals surface area contributed by atoms with Gasteiger partial charge in [0.2, 0.25) is 10.0 Å². The van der Waals surface area contributed by atoms with Gasteiger partial charge in [0.1, 0.15) is 4.90 Å². The highest BCUT2D eigenvalue weighted by molar-refractivity contribution is 7.89. The van der Waals surface area contributed by atoms with Crippen LogP contribution < -0.4 is 5.32 Å². The number of nitrogens with zero attached hydrogens (tertiary/aromatic N) is 3. The second kappa shape index (κ2) is 7.15. The number of halogens is 1. The Morgan fingerprint density at radius 2 is 1.92 bits per heavy atom. The highest BCUT2D eigenvalue weighted by Crippen LogP contribution is 2.28. The lowest BCUT2D eigenvalue weighted by Crippen LogP contribution is -2.35. The van der Waals surface area contributed by atoms with Crippen LogP contribution in [0.25, 0.3) is 0 Å². The van der Waals surface area contributed by atoms with Gasteiger partial charge in [0.05, 0.1) is 5.02 Å². The van der Waals surface area contributed by atoms with Gasteiger partial charge in [-0.3, -0.25) is 9.48 Å². The first-order valence-electron chi connectivity index (χ1n) is 7.98. The van der Waals surface area contributed by atoms with Crippen molar-refractivity contribution in [3.8, 4) is 0 Å². The van der Waals surface area contributed by atoms with Crippen LogP contribution in [0.15, 0.2) is 35.4 Å². The largest absolute Gasteiger partial charge is 0.305 e. The Morgan fingerprint density at radius 1 is 1.20 bits per heavy atom. The summed E-state index contributed by atoms with van der Waals surface area (Å²) in [5.74, 6) is -0.0478. The zero-order chi connectivity index (χ0) is 18.0. The zero-order valence-electron chi connectivity index (χ0n) is 13.8. The normalized spacial score (nSPS) is 15.9. The number of hydrogen-bond donors (Lipinski definition) is 1. The van der Waals surface area contributed by atoms with Crippen LogP contribution >= 0.6 is 11.6 Å². The van der Waals surface area contributed by atoms with Gasteiger partial charge in [0, 0.05) is 38.0 Å². The standard InChI is InChI=1S/C16H19ClN4O3S/c1-20-10-7-15(19-20)18-16(22)12-5-6-13(17)14(11-12)25(23,24)21-8-3-2-4-9-21/h5-7,10-11H,2-4,8-9H2,1H3,(H,18,19,22). The summed E-state index contributed by atoms with van der Waals surface area (Å²) in [5.41, 5.74) is 0.214. The number of hydrogen-bond acceptors (Lipinski definition) is 4. The van der Waals surface area contributed by atoms with Crippen LogP contribution in [0.1, 0.15) is 29.6 Å². The minimum absolute atomic E-state index is 0.0373. The van der Waals surface area contributed by atoms with Crippen molar-refractivity contribution in [3.05, 3.63) is 41.0 Å². The fraction of sp³-hybridized carbons (Fsp3) is 0.375. The molecule has 1 saturated heterocycles. The van der Waals surface area contributed by atoms with Crippen molar-refractivity contribution in [1.82, 2.24) is 14.1 Å². The van der Waals surface area contributed by atoms with Gasteiger partial charge in [0.15, 0.2) is 5.82 Å². The van der Waals surface area contributed by atoms with Gasteiger partial charge >= 0.3 is 0 Å². The van der Waals surface area contributed by atoms with Crippen LogP contribution in [-0.4, -0.2) is 41.5 Å². The SMILES string of the molecule is Cn1ccc(NC(=O)c2ccc(Cl)c(S(=O)(=O)N3CCCCC3)c2)n1. The Kier molecular flexibility index (Phi) is 5.12. The van der Waals surface area contributed by atoms with Gasteiger partial charge in [-0.2, -0.15) is 9.40 Å². The molecule has 2 aromatic rings. The third kappa shape index (κ3) is 3.86. The lowest BCUT2D eigenvalue weighted by Gasteiger charge is -2.26. The van der Waals surface area contributed by atoms with Crippen LogP contribution in [0, 0.1) is 0 Å². The van der Waals surface area contributed by atoms with Gasteiger partial charge in [-0.15, -0.1) is 0 Å². The van der Waals surface area contributed by atoms with Crippen LogP contribution in [0.4, 0.5) is 5.82 Å². The van der Waals surface area contributed by atoms with Gasteiger partial charge in [0.25, 0.3) is 5.91 Å². The summed E-state index contributed by atoms with van der Waals surface area (Å²) in [6.07, 6.45) is 4.38. The van der Waals surface area contributed by atoms with Crippen molar-refractivity contribution in [2.45, 2.75) is 24.2 Å². The summed E-state index contributed by atoms with van der Waals surface area (Å²) in [7, 11) is -1.98. The molecule has 0 radical (unpaired) electrons. The molecular weight excluding hydrogens is 364 g/mol. The predicted octanol–water partition coefficient (Wildman–Crippen LogP) is 2.50. The van der Waals surface area contributed by atoms with Crippen molar-refractivity contribution in [1.29, 1.82) is 0 Å². The number of carbonyl (C=O) groups is 1. The van der Waals surface area contributed by atoms with Gasteiger partial charge < -0.3 is 5.32 Å². The highest BCUT2D eigenvalue weighted by atomic mass is 35.5. The average molecular weight is 383 g/mol. The summed E-state index contributed by atoms with van der Waals surface area (Å²) in [6, 6.07) is 5.91. The first-order valence-corrected chi connectivity index (χ1v) is 9.80. The van der Waals surface area contributed by atoms with E-state index in [1.807, 2.05) is 0 Å². The number of sulfonamides is 1. The molecule has 0 unspecified atom stereocenters. The van der Waals surface area contributed by atoms with Crippen LogP contribution in [0.5, 0.6) is 0 Å². The molecule has 134 valence electrons. The van der Waals surface area contributed by atoms with Crippen molar-refractivity contribution in [2.75, 3.05) is 18.4 Å². The Labute approximate surface area is 151 Å². The second-order valence-corrected chi connectivity index (χ2v) is 8.25. The molecule has 25 heavy (non-hydrogen) atoms. The maximum absolute atomic E-state index is 12.8. The molecule has 0 saturated carbocycles. The number of piperidine rings is 1. The minimum Gasteiger partial charge on any atom is -0.305 e. The topological polar surface area (TPSA) is 84.3 Å².